The zero-order valence-electron chi connectivity index (χ0n) is 16.4. The highest BCUT2D eigenvalue weighted by molar-refractivity contribution is 7.92. The summed E-state index contributed by atoms with van der Waals surface area (Å²) in [5.41, 5.74) is 2.91. The predicted octanol–water partition coefficient (Wildman–Crippen LogP) is 3.74. The molecule has 0 aliphatic carbocycles. The van der Waals surface area contributed by atoms with Crippen molar-refractivity contribution in [3.8, 4) is 0 Å². The lowest BCUT2D eigenvalue weighted by Crippen LogP contribution is -2.28. The highest BCUT2D eigenvalue weighted by atomic mass is 32.2. The number of amides is 1. The summed E-state index contributed by atoms with van der Waals surface area (Å²) in [7, 11) is -3.84. The van der Waals surface area contributed by atoms with Crippen LogP contribution in [-0.4, -0.2) is 37.5 Å². The Labute approximate surface area is 169 Å². The van der Waals surface area contributed by atoms with Gasteiger partial charge in [0.1, 0.15) is 0 Å². The number of rotatable bonds is 5. The van der Waals surface area contributed by atoms with Crippen molar-refractivity contribution < 1.29 is 17.7 Å². The van der Waals surface area contributed by atoms with Gasteiger partial charge in [0.15, 0.2) is 11.3 Å². The first-order chi connectivity index (χ1) is 13.9. The number of hydrogen-bond acceptors (Lipinski definition) is 5. The average Bonchev–Trinajstić information content (AvgIpc) is 3.38. The maximum atomic E-state index is 13.1. The SMILES string of the molecule is CCc1cccc(C)c1NS(=O)(=O)c1ccc2onc(C(=O)N3CCCC3)c2c1. The maximum absolute atomic E-state index is 13.1. The highest BCUT2D eigenvalue weighted by Crippen LogP contribution is 2.28. The van der Waals surface area contributed by atoms with E-state index in [-0.39, 0.29) is 16.5 Å². The smallest absolute Gasteiger partial charge is 0.276 e. The number of para-hydroxylation sites is 1. The highest BCUT2D eigenvalue weighted by Gasteiger charge is 2.26. The maximum Gasteiger partial charge on any atom is 0.276 e. The molecule has 152 valence electrons. The fourth-order valence-electron chi connectivity index (χ4n) is 3.67. The first kappa shape index (κ1) is 19.4. The Morgan fingerprint density at radius 2 is 1.97 bits per heavy atom. The van der Waals surface area contributed by atoms with Gasteiger partial charge in [0, 0.05) is 13.1 Å². The minimum atomic E-state index is -3.84. The van der Waals surface area contributed by atoms with E-state index in [9.17, 15) is 13.2 Å². The van der Waals surface area contributed by atoms with Crippen molar-refractivity contribution in [2.75, 3.05) is 17.8 Å². The second-order valence-electron chi connectivity index (χ2n) is 7.26. The molecule has 7 nitrogen and oxygen atoms in total. The molecular formula is C21H23N3O4S. The fourth-order valence-corrected chi connectivity index (χ4v) is 4.87. The minimum absolute atomic E-state index is 0.0639. The molecule has 1 fully saturated rings. The zero-order valence-corrected chi connectivity index (χ0v) is 17.3. The lowest BCUT2D eigenvalue weighted by Gasteiger charge is -2.15. The van der Waals surface area contributed by atoms with E-state index in [0.717, 1.165) is 24.0 Å². The third kappa shape index (κ3) is 3.60. The molecule has 1 aliphatic rings. The van der Waals surface area contributed by atoms with E-state index in [1.807, 2.05) is 32.0 Å². The molecular weight excluding hydrogens is 390 g/mol. The Hall–Kier alpha value is -2.87. The number of carbonyl (C=O) groups is 1. The van der Waals surface area contributed by atoms with Crippen LogP contribution in [0.1, 0.15) is 41.4 Å². The Morgan fingerprint density at radius 3 is 2.69 bits per heavy atom. The Balaban J connectivity index is 1.72. The second-order valence-corrected chi connectivity index (χ2v) is 8.94. The molecule has 3 aromatic rings. The van der Waals surface area contributed by atoms with Gasteiger partial charge in [0.25, 0.3) is 15.9 Å². The summed E-state index contributed by atoms with van der Waals surface area (Å²) >= 11 is 0. The molecule has 0 radical (unpaired) electrons. The number of likely N-dealkylation sites (tertiary alicyclic amines) is 1. The topological polar surface area (TPSA) is 92.5 Å². The van der Waals surface area contributed by atoms with Crippen LogP contribution in [0.3, 0.4) is 0 Å². The average molecular weight is 413 g/mol. The van der Waals surface area contributed by atoms with E-state index in [2.05, 4.69) is 9.88 Å². The molecule has 0 unspecified atom stereocenters. The van der Waals surface area contributed by atoms with Gasteiger partial charge < -0.3 is 9.42 Å². The Bertz CT molecular complexity index is 1180. The van der Waals surface area contributed by atoms with E-state index in [1.54, 1.807) is 4.90 Å². The molecule has 8 heteroatoms. The van der Waals surface area contributed by atoms with Crippen molar-refractivity contribution in [2.24, 2.45) is 0 Å². The van der Waals surface area contributed by atoms with E-state index in [0.29, 0.717) is 36.2 Å². The number of anilines is 1. The number of aryl methyl sites for hydroxylation is 2. The number of nitrogens with zero attached hydrogens (tertiary/aromatic N) is 2. The molecule has 2 heterocycles. The van der Waals surface area contributed by atoms with Gasteiger partial charge in [-0.1, -0.05) is 30.3 Å². The molecule has 29 heavy (non-hydrogen) atoms. The normalized spacial score (nSPS) is 14.5. The number of carbonyl (C=O) groups excluding carboxylic acids is 1. The fraction of sp³-hybridized carbons (Fsp3) is 0.333. The second kappa shape index (κ2) is 7.51. The van der Waals surface area contributed by atoms with Crippen LogP contribution in [0.4, 0.5) is 5.69 Å². The first-order valence-corrected chi connectivity index (χ1v) is 11.2. The summed E-state index contributed by atoms with van der Waals surface area (Å²) < 4.78 is 34.1. The molecule has 0 spiro atoms. The summed E-state index contributed by atoms with van der Waals surface area (Å²) in [6.07, 6.45) is 2.63. The number of hydrogen-bond donors (Lipinski definition) is 1. The van der Waals surface area contributed by atoms with Crippen molar-refractivity contribution in [2.45, 2.75) is 38.0 Å². The largest absolute Gasteiger partial charge is 0.355 e. The molecule has 0 atom stereocenters. The lowest BCUT2D eigenvalue weighted by molar-refractivity contribution is 0.0784. The van der Waals surface area contributed by atoms with Gasteiger partial charge >= 0.3 is 0 Å². The quantitative estimate of drug-likeness (QED) is 0.688. The predicted molar refractivity (Wildman–Crippen MR) is 111 cm³/mol. The summed E-state index contributed by atoms with van der Waals surface area (Å²) in [5.74, 6) is -0.226. The number of benzene rings is 2. The van der Waals surface area contributed by atoms with Gasteiger partial charge in [-0.15, -0.1) is 0 Å². The third-order valence-corrected chi connectivity index (χ3v) is 6.67. The monoisotopic (exact) mass is 413 g/mol. The van der Waals surface area contributed by atoms with Gasteiger partial charge in [0.05, 0.1) is 16.0 Å². The van der Waals surface area contributed by atoms with Crippen LogP contribution in [0.2, 0.25) is 0 Å². The first-order valence-electron chi connectivity index (χ1n) is 9.70. The summed E-state index contributed by atoms with van der Waals surface area (Å²) in [6, 6.07) is 10.1. The molecule has 1 saturated heterocycles. The van der Waals surface area contributed by atoms with Crippen LogP contribution < -0.4 is 4.72 Å². The Kier molecular flexibility index (Phi) is 5.04. The Morgan fingerprint density at radius 1 is 1.21 bits per heavy atom. The van der Waals surface area contributed by atoms with Crippen LogP contribution in [0.25, 0.3) is 11.0 Å². The summed E-state index contributed by atoms with van der Waals surface area (Å²) in [4.78, 5) is 14.5. The van der Waals surface area contributed by atoms with Gasteiger partial charge in [0.2, 0.25) is 0 Å². The van der Waals surface area contributed by atoms with Crippen molar-refractivity contribution in [1.29, 1.82) is 0 Å². The molecule has 1 amide bonds. The third-order valence-electron chi connectivity index (χ3n) is 5.32. The van der Waals surface area contributed by atoms with Crippen LogP contribution in [0, 0.1) is 6.92 Å². The molecule has 0 saturated carbocycles. The van der Waals surface area contributed by atoms with Gasteiger partial charge in [-0.2, -0.15) is 0 Å². The molecule has 1 aliphatic heterocycles. The van der Waals surface area contributed by atoms with Gasteiger partial charge in [-0.05, 0) is 55.5 Å². The van der Waals surface area contributed by atoms with E-state index >= 15 is 0 Å². The van der Waals surface area contributed by atoms with Crippen molar-refractivity contribution >= 4 is 32.6 Å². The zero-order chi connectivity index (χ0) is 20.6. The number of sulfonamides is 1. The number of nitrogens with one attached hydrogen (secondary N) is 1. The van der Waals surface area contributed by atoms with Crippen LogP contribution in [0.5, 0.6) is 0 Å². The van der Waals surface area contributed by atoms with Crippen molar-refractivity contribution in [3.63, 3.8) is 0 Å². The van der Waals surface area contributed by atoms with Crippen LogP contribution >= 0.6 is 0 Å². The van der Waals surface area contributed by atoms with Gasteiger partial charge in [-0.25, -0.2) is 8.42 Å². The van der Waals surface area contributed by atoms with Gasteiger partial charge in [-0.3, -0.25) is 9.52 Å². The van der Waals surface area contributed by atoms with Crippen LogP contribution in [-0.2, 0) is 16.4 Å². The summed E-state index contributed by atoms with van der Waals surface area (Å²) in [5, 5.41) is 4.31. The number of aromatic nitrogens is 1. The summed E-state index contributed by atoms with van der Waals surface area (Å²) in [6.45, 7) is 5.21. The van der Waals surface area contributed by atoms with E-state index in [4.69, 9.17) is 4.52 Å². The molecule has 0 bridgehead atoms. The van der Waals surface area contributed by atoms with Crippen molar-refractivity contribution in [1.82, 2.24) is 10.1 Å². The number of fused-ring (bicyclic) bond motifs is 1. The molecule has 1 N–H and O–H groups in total. The van der Waals surface area contributed by atoms with E-state index < -0.39 is 10.0 Å². The van der Waals surface area contributed by atoms with Crippen molar-refractivity contribution in [3.05, 3.63) is 53.2 Å². The van der Waals surface area contributed by atoms with E-state index in [1.165, 1.54) is 18.2 Å². The lowest BCUT2D eigenvalue weighted by atomic mass is 10.1. The van der Waals surface area contributed by atoms with Crippen LogP contribution in [0.15, 0.2) is 45.8 Å². The molecule has 2 aromatic carbocycles. The standard InChI is InChI=1S/C21H23N3O4S/c1-3-15-8-6-7-14(2)19(15)23-29(26,27)16-9-10-18-17(13-16)20(22-28-18)21(25)24-11-4-5-12-24/h6-10,13,23H,3-5,11-12H2,1-2H3. The molecule has 4 rings (SSSR count). The minimum Gasteiger partial charge on any atom is -0.355 e. The molecule has 1 aromatic heterocycles.